The average molecular weight is 323 g/mol. The summed E-state index contributed by atoms with van der Waals surface area (Å²) in [6, 6.07) is 0. The largest absolute Gasteiger partial charge is 0.381 e. The van der Waals surface area contributed by atoms with Crippen molar-refractivity contribution in [2.24, 2.45) is 5.92 Å². The minimum absolute atomic E-state index is 0.00165. The smallest absolute Gasteiger partial charge is 0.211 e. The zero-order valence-electron chi connectivity index (χ0n) is 13.2. The van der Waals surface area contributed by atoms with Crippen molar-refractivity contribution < 1.29 is 22.6 Å². The van der Waals surface area contributed by atoms with E-state index in [0.29, 0.717) is 39.4 Å². The fraction of sp³-hybridized carbons (Fsp3) is 1.00. The minimum atomic E-state index is -3.22. The normalized spacial score (nSPS) is 20.8. The number of nitrogens with one attached hydrogen (secondary N) is 1. The van der Waals surface area contributed by atoms with Crippen molar-refractivity contribution in [1.29, 1.82) is 0 Å². The van der Waals surface area contributed by atoms with Crippen molar-refractivity contribution in [3.05, 3.63) is 0 Å². The minimum Gasteiger partial charge on any atom is -0.381 e. The molecule has 0 spiro atoms. The van der Waals surface area contributed by atoms with Crippen LogP contribution in [0.2, 0.25) is 0 Å². The molecule has 2 atom stereocenters. The van der Waals surface area contributed by atoms with Crippen LogP contribution in [0.5, 0.6) is 0 Å². The van der Waals surface area contributed by atoms with E-state index < -0.39 is 10.0 Å². The van der Waals surface area contributed by atoms with Crippen molar-refractivity contribution in [3.8, 4) is 0 Å². The highest BCUT2D eigenvalue weighted by Gasteiger charge is 2.16. The summed E-state index contributed by atoms with van der Waals surface area (Å²) in [6.07, 6.45) is 3.06. The van der Waals surface area contributed by atoms with Crippen molar-refractivity contribution >= 4 is 10.0 Å². The van der Waals surface area contributed by atoms with Crippen LogP contribution in [-0.2, 0) is 24.2 Å². The fourth-order valence-electron chi connectivity index (χ4n) is 2.19. The maximum Gasteiger partial charge on any atom is 0.211 e. The van der Waals surface area contributed by atoms with Gasteiger partial charge in [0.05, 0.1) is 25.1 Å². The topological polar surface area (TPSA) is 73.9 Å². The van der Waals surface area contributed by atoms with E-state index in [0.717, 1.165) is 19.4 Å². The lowest BCUT2D eigenvalue weighted by atomic mass is 10.2. The van der Waals surface area contributed by atoms with Crippen molar-refractivity contribution in [2.45, 2.75) is 39.2 Å². The molecule has 0 radical (unpaired) electrons. The van der Waals surface area contributed by atoms with Gasteiger partial charge in [0.1, 0.15) is 0 Å². The first-order valence-corrected chi connectivity index (χ1v) is 9.43. The highest BCUT2D eigenvalue weighted by Crippen LogP contribution is 2.11. The molecule has 0 aromatic heterocycles. The molecule has 6 nitrogen and oxygen atoms in total. The van der Waals surface area contributed by atoms with Gasteiger partial charge in [0.15, 0.2) is 0 Å². The number of rotatable bonds is 12. The Hall–Kier alpha value is -0.210. The zero-order chi connectivity index (χ0) is 15.6. The molecule has 126 valence electrons. The molecule has 0 aliphatic carbocycles. The number of ether oxygens (including phenoxy) is 3. The van der Waals surface area contributed by atoms with Crippen LogP contribution in [0.1, 0.15) is 33.1 Å². The molecular weight excluding hydrogens is 294 g/mol. The van der Waals surface area contributed by atoms with Gasteiger partial charge in [-0.2, -0.15) is 0 Å². The van der Waals surface area contributed by atoms with Gasteiger partial charge in [0.2, 0.25) is 10.0 Å². The summed E-state index contributed by atoms with van der Waals surface area (Å²) in [6.45, 7) is 7.26. The van der Waals surface area contributed by atoms with Gasteiger partial charge < -0.3 is 14.2 Å². The fourth-order valence-corrected chi connectivity index (χ4v) is 3.61. The first-order chi connectivity index (χ1) is 10.0. The van der Waals surface area contributed by atoms with Crippen LogP contribution in [0, 0.1) is 5.92 Å². The summed E-state index contributed by atoms with van der Waals surface area (Å²) in [5, 5.41) is 0. The second kappa shape index (κ2) is 10.5. The predicted molar refractivity (Wildman–Crippen MR) is 81.9 cm³/mol. The van der Waals surface area contributed by atoms with E-state index in [-0.39, 0.29) is 17.8 Å². The van der Waals surface area contributed by atoms with E-state index in [9.17, 15) is 8.42 Å². The summed E-state index contributed by atoms with van der Waals surface area (Å²) >= 11 is 0. The van der Waals surface area contributed by atoms with Crippen LogP contribution in [0.25, 0.3) is 0 Å². The van der Waals surface area contributed by atoms with E-state index in [1.165, 1.54) is 0 Å². The molecular formula is C14H29NO5S. The second-order valence-electron chi connectivity index (χ2n) is 5.50. The van der Waals surface area contributed by atoms with Gasteiger partial charge in [-0.1, -0.05) is 6.92 Å². The average Bonchev–Trinajstić information content (AvgIpc) is 2.93. The van der Waals surface area contributed by atoms with E-state index in [1.807, 2.05) is 13.8 Å². The van der Waals surface area contributed by atoms with Crippen molar-refractivity contribution in [2.75, 3.05) is 45.3 Å². The lowest BCUT2D eigenvalue weighted by molar-refractivity contribution is 0.0169. The summed E-state index contributed by atoms with van der Waals surface area (Å²) in [7, 11) is -3.22. The second-order valence-corrected chi connectivity index (χ2v) is 7.36. The van der Waals surface area contributed by atoms with Crippen LogP contribution < -0.4 is 4.72 Å². The van der Waals surface area contributed by atoms with Gasteiger partial charge in [-0.3, -0.25) is 0 Å². The molecule has 0 bridgehead atoms. The first-order valence-electron chi connectivity index (χ1n) is 7.78. The van der Waals surface area contributed by atoms with Gasteiger partial charge >= 0.3 is 0 Å². The third-order valence-electron chi connectivity index (χ3n) is 3.23. The van der Waals surface area contributed by atoms with Gasteiger partial charge in [-0.15, -0.1) is 0 Å². The molecule has 1 fully saturated rings. The van der Waals surface area contributed by atoms with Gasteiger partial charge in [-0.05, 0) is 32.1 Å². The molecule has 0 unspecified atom stereocenters. The molecule has 7 heteroatoms. The molecule has 1 heterocycles. The van der Waals surface area contributed by atoms with E-state index in [2.05, 4.69) is 4.72 Å². The molecule has 1 saturated heterocycles. The predicted octanol–water partition coefficient (Wildman–Crippen LogP) is 1.16. The molecule has 0 amide bonds. The SMILES string of the molecule is CCOC[C@@H](C)CS(=O)(=O)NCCCOC[C@@H]1CCCO1. The molecule has 1 aliphatic rings. The Labute approximate surface area is 128 Å². The number of hydrogen-bond donors (Lipinski definition) is 1. The number of hydrogen-bond acceptors (Lipinski definition) is 5. The highest BCUT2D eigenvalue weighted by atomic mass is 32.2. The first kappa shape index (κ1) is 18.8. The Morgan fingerprint density at radius 1 is 1.38 bits per heavy atom. The maximum atomic E-state index is 11.8. The summed E-state index contributed by atoms with van der Waals surface area (Å²) in [5.74, 6) is 0.0993. The van der Waals surface area contributed by atoms with E-state index >= 15 is 0 Å². The number of sulfonamides is 1. The third-order valence-corrected chi connectivity index (χ3v) is 4.88. The van der Waals surface area contributed by atoms with Crippen molar-refractivity contribution in [1.82, 2.24) is 4.72 Å². The monoisotopic (exact) mass is 323 g/mol. The van der Waals surface area contributed by atoms with Gasteiger partial charge in [0, 0.05) is 26.4 Å². The molecule has 0 aromatic carbocycles. The Kier molecular flexibility index (Phi) is 9.42. The van der Waals surface area contributed by atoms with Crippen LogP contribution in [0.4, 0.5) is 0 Å². The molecule has 0 saturated carbocycles. The Bertz CT molecular complexity index is 354. The van der Waals surface area contributed by atoms with Crippen LogP contribution >= 0.6 is 0 Å². The van der Waals surface area contributed by atoms with Crippen LogP contribution in [0.3, 0.4) is 0 Å². The maximum absolute atomic E-state index is 11.8. The quantitative estimate of drug-likeness (QED) is 0.546. The Morgan fingerprint density at radius 3 is 2.86 bits per heavy atom. The molecule has 1 aliphatic heterocycles. The van der Waals surface area contributed by atoms with Gasteiger partial charge in [-0.25, -0.2) is 13.1 Å². The Morgan fingerprint density at radius 2 is 2.19 bits per heavy atom. The third kappa shape index (κ3) is 9.42. The van der Waals surface area contributed by atoms with Gasteiger partial charge in [0.25, 0.3) is 0 Å². The highest BCUT2D eigenvalue weighted by molar-refractivity contribution is 7.89. The van der Waals surface area contributed by atoms with E-state index in [1.54, 1.807) is 0 Å². The summed E-state index contributed by atoms with van der Waals surface area (Å²) in [5.41, 5.74) is 0. The van der Waals surface area contributed by atoms with Crippen LogP contribution in [-0.4, -0.2) is 59.9 Å². The summed E-state index contributed by atoms with van der Waals surface area (Å²) in [4.78, 5) is 0. The lowest BCUT2D eigenvalue weighted by Crippen LogP contribution is -2.31. The molecule has 0 aromatic rings. The standard InChI is InChI=1S/C14H29NO5S/c1-3-18-10-13(2)12-21(16,17)15-7-5-8-19-11-14-6-4-9-20-14/h13-15H,3-12H2,1-2H3/t13-,14+/m1/s1. The van der Waals surface area contributed by atoms with E-state index in [4.69, 9.17) is 14.2 Å². The summed E-state index contributed by atoms with van der Waals surface area (Å²) < 4.78 is 42.4. The van der Waals surface area contributed by atoms with Crippen molar-refractivity contribution in [3.63, 3.8) is 0 Å². The molecule has 1 N–H and O–H groups in total. The zero-order valence-corrected chi connectivity index (χ0v) is 14.0. The molecule has 1 rings (SSSR count). The lowest BCUT2D eigenvalue weighted by Gasteiger charge is -2.13. The molecule has 21 heavy (non-hydrogen) atoms. The van der Waals surface area contributed by atoms with Crippen LogP contribution in [0.15, 0.2) is 0 Å². The Balaban J connectivity index is 2.01.